The molecule has 0 radical (unpaired) electrons. The van der Waals surface area contributed by atoms with Crippen LogP contribution in [0.25, 0.3) is 0 Å². The van der Waals surface area contributed by atoms with Crippen LogP contribution in [-0.2, 0) is 9.47 Å². The van der Waals surface area contributed by atoms with Crippen molar-refractivity contribution in [1.82, 2.24) is 0 Å². The van der Waals surface area contributed by atoms with Crippen molar-refractivity contribution in [3.63, 3.8) is 0 Å². The molecule has 2 nitrogen and oxygen atoms in total. The van der Waals surface area contributed by atoms with Crippen molar-refractivity contribution in [1.29, 1.82) is 0 Å². The van der Waals surface area contributed by atoms with E-state index in [4.69, 9.17) is 9.47 Å². The lowest BCUT2D eigenvalue weighted by molar-refractivity contribution is -0.0561. The van der Waals surface area contributed by atoms with Crippen molar-refractivity contribution in [3.8, 4) is 0 Å². The minimum absolute atomic E-state index is 0.482. The molecule has 134 valence electrons. The van der Waals surface area contributed by atoms with Gasteiger partial charge in [0.1, 0.15) is 6.79 Å². The minimum Gasteiger partial charge on any atom is -0.355 e. The van der Waals surface area contributed by atoms with Crippen LogP contribution < -0.4 is 0 Å². The molecule has 0 aromatic rings. The Labute approximate surface area is 140 Å². The van der Waals surface area contributed by atoms with Crippen LogP contribution in [-0.4, -0.2) is 20.0 Å². The first kappa shape index (κ1) is 21.9. The van der Waals surface area contributed by atoms with E-state index in [0.29, 0.717) is 6.79 Å². The normalized spacial score (nSPS) is 14.2. The summed E-state index contributed by atoms with van der Waals surface area (Å²) in [5, 5.41) is 0. The first-order valence-electron chi connectivity index (χ1n) is 9.86. The predicted molar refractivity (Wildman–Crippen MR) is 97.2 cm³/mol. The van der Waals surface area contributed by atoms with Crippen LogP contribution >= 0.6 is 0 Å². The molecule has 0 aromatic heterocycles. The molecular formula is C20H42O2. The molecule has 0 saturated carbocycles. The van der Waals surface area contributed by atoms with Crippen molar-refractivity contribution in [2.24, 2.45) is 11.8 Å². The number of hydrogen-bond acceptors (Lipinski definition) is 2. The standard InChI is InChI=1S/C20H42O2/c1-5-7-8-9-10-11-15-21-18-22-16-12-14-20(4)17-19(3)13-6-2/h19-20H,5-18H2,1-4H3. The Bertz CT molecular complexity index is 206. The number of ether oxygens (including phenoxy) is 2. The zero-order chi connectivity index (χ0) is 16.5. The summed E-state index contributed by atoms with van der Waals surface area (Å²) in [5.41, 5.74) is 0. The summed E-state index contributed by atoms with van der Waals surface area (Å²) in [7, 11) is 0. The fourth-order valence-electron chi connectivity index (χ4n) is 3.11. The quantitative estimate of drug-likeness (QED) is 0.223. The second-order valence-electron chi connectivity index (χ2n) is 7.08. The highest BCUT2D eigenvalue weighted by Crippen LogP contribution is 2.20. The van der Waals surface area contributed by atoms with Crippen LogP contribution in [0.2, 0.25) is 0 Å². The van der Waals surface area contributed by atoms with E-state index in [1.54, 1.807) is 0 Å². The molecule has 0 fully saturated rings. The average molecular weight is 315 g/mol. The highest BCUT2D eigenvalue weighted by Gasteiger charge is 2.07. The minimum atomic E-state index is 0.482. The summed E-state index contributed by atoms with van der Waals surface area (Å²) < 4.78 is 11.1. The maximum absolute atomic E-state index is 5.56. The van der Waals surface area contributed by atoms with E-state index in [9.17, 15) is 0 Å². The van der Waals surface area contributed by atoms with E-state index in [1.165, 1.54) is 70.6 Å². The van der Waals surface area contributed by atoms with Gasteiger partial charge in [0.25, 0.3) is 0 Å². The summed E-state index contributed by atoms with van der Waals surface area (Å²) in [4.78, 5) is 0. The molecule has 0 aromatic carbocycles. The Morgan fingerprint density at radius 3 is 1.91 bits per heavy atom. The fraction of sp³-hybridized carbons (Fsp3) is 1.00. The molecule has 2 heteroatoms. The zero-order valence-corrected chi connectivity index (χ0v) is 15.9. The molecule has 0 aliphatic heterocycles. The number of unbranched alkanes of at least 4 members (excludes halogenated alkanes) is 5. The van der Waals surface area contributed by atoms with Gasteiger partial charge in [0.05, 0.1) is 0 Å². The summed E-state index contributed by atoms with van der Waals surface area (Å²) in [6, 6.07) is 0. The van der Waals surface area contributed by atoms with Crippen LogP contribution in [0, 0.1) is 11.8 Å². The second kappa shape index (κ2) is 17.3. The molecule has 0 amide bonds. The zero-order valence-electron chi connectivity index (χ0n) is 15.9. The Kier molecular flexibility index (Phi) is 17.2. The van der Waals surface area contributed by atoms with Gasteiger partial charge in [-0.3, -0.25) is 0 Å². The van der Waals surface area contributed by atoms with Crippen molar-refractivity contribution in [2.75, 3.05) is 20.0 Å². The molecule has 0 N–H and O–H groups in total. The van der Waals surface area contributed by atoms with Gasteiger partial charge in [-0.1, -0.05) is 72.6 Å². The maximum atomic E-state index is 5.56. The van der Waals surface area contributed by atoms with Crippen molar-refractivity contribution in [3.05, 3.63) is 0 Å². The molecule has 0 saturated heterocycles. The molecule has 2 atom stereocenters. The summed E-state index contributed by atoms with van der Waals surface area (Å²) in [6.07, 6.45) is 14.4. The van der Waals surface area contributed by atoms with Crippen LogP contribution in [0.4, 0.5) is 0 Å². The topological polar surface area (TPSA) is 18.5 Å². The lowest BCUT2D eigenvalue weighted by atomic mass is 9.91. The Balaban J connectivity index is 3.16. The van der Waals surface area contributed by atoms with Crippen LogP contribution in [0.5, 0.6) is 0 Å². The third-order valence-corrected chi connectivity index (χ3v) is 4.38. The molecule has 0 bridgehead atoms. The van der Waals surface area contributed by atoms with Crippen LogP contribution in [0.3, 0.4) is 0 Å². The van der Waals surface area contributed by atoms with E-state index >= 15 is 0 Å². The summed E-state index contributed by atoms with van der Waals surface area (Å²) >= 11 is 0. The number of hydrogen-bond donors (Lipinski definition) is 0. The third kappa shape index (κ3) is 16.3. The molecule has 0 aliphatic carbocycles. The molecule has 0 heterocycles. The van der Waals surface area contributed by atoms with E-state index < -0.39 is 0 Å². The van der Waals surface area contributed by atoms with Gasteiger partial charge >= 0.3 is 0 Å². The fourth-order valence-corrected chi connectivity index (χ4v) is 3.11. The predicted octanol–water partition coefficient (Wildman–Crippen LogP) is 6.58. The monoisotopic (exact) mass is 314 g/mol. The Morgan fingerprint density at radius 1 is 0.636 bits per heavy atom. The largest absolute Gasteiger partial charge is 0.355 e. The Morgan fingerprint density at radius 2 is 1.23 bits per heavy atom. The van der Waals surface area contributed by atoms with Crippen molar-refractivity contribution < 1.29 is 9.47 Å². The highest BCUT2D eigenvalue weighted by atomic mass is 16.7. The smallest absolute Gasteiger partial charge is 0.146 e. The third-order valence-electron chi connectivity index (χ3n) is 4.38. The van der Waals surface area contributed by atoms with Crippen LogP contribution in [0.15, 0.2) is 0 Å². The molecule has 22 heavy (non-hydrogen) atoms. The van der Waals surface area contributed by atoms with Gasteiger partial charge in [-0.25, -0.2) is 0 Å². The second-order valence-corrected chi connectivity index (χ2v) is 7.08. The van der Waals surface area contributed by atoms with Crippen molar-refractivity contribution in [2.45, 2.75) is 98.3 Å². The van der Waals surface area contributed by atoms with Gasteiger partial charge in [-0.2, -0.15) is 0 Å². The molecule has 0 rings (SSSR count). The summed E-state index contributed by atoms with van der Waals surface area (Å²) in [5.74, 6) is 1.70. The van der Waals surface area contributed by atoms with Gasteiger partial charge in [-0.15, -0.1) is 0 Å². The molecule has 0 aliphatic rings. The van der Waals surface area contributed by atoms with Crippen molar-refractivity contribution >= 4 is 0 Å². The van der Waals surface area contributed by atoms with E-state index in [1.807, 2.05) is 0 Å². The van der Waals surface area contributed by atoms with E-state index in [2.05, 4.69) is 27.7 Å². The average Bonchev–Trinajstić information content (AvgIpc) is 2.48. The Hall–Kier alpha value is -0.0800. The molecular weight excluding hydrogens is 272 g/mol. The van der Waals surface area contributed by atoms with E-state index in [0.717, 1.165) is 25.0 Å². The highest BCUT2D eigenvalue weighted by molar-refractivity contribution is 4.59. The first-order valence-corrected chi connectivity index (χ1v) is 9.86. The lowest BCUT2D eigenvalue weighted by Gasteiger charge is -2.16. The molecule has 2 unspecified atom stereocenters. The first-order chi connectivity index (χ1) is 10.7. The van der Waals surface area contributed by atoms with Crippen LogP contribution in [0.1, 0.15) is 98.3 Å². The number of rotatable bonds is 17. The lowest BCUT2D eigenvalue weighted by Crippen LogP contribution is -2.06. The molecule has 0 spiro atoms. The van der Waals surface area contributed by atoms with Gasteiger partial charge in [0.15, 0.2) is 0 Å². The maximum Gasteiger partial charge on any atom is 0.146 e. The van der Waals surface area contributed by atoms with Gasteiger partial charge in [-0.05, 0) is 37.5 Å². The summed E-state index contributed by atoms with van der Waals surface area (Å²) in [6.45, 7) is 11.5. The van der Waals surface area contributed by atoms with Gasteiger partial charge < -0.3 is 9.47 Å². The van der Waals surface area contributed by atoms with Gasteiger partial charge in [0, 0.05) is 13.2 Å². The van der Waals surface area contributed by atoms with E-state index in [-0.39, 0.29) is 0 Å². The SMILES string of the molecule is CCCCCCCCOCOCCCC(C)CC(C)CCC. The van der Waals surface area contributed by atoms with Gasteiger partial charge in [0.2, 0.25) is 0 Å².